The fourth-order valence-corrected chi connectivity index (χ4v) is 3.26. The van der Waals surface area contributed by atoms with E-state index >= 15 is 0 Å². The van der Waals surface area contributed by atoms with E-state index in [1.165, 1.54) is 0 Å². The zero-order chi connectivity index (χ0) is 12.7. The fourth-order valence-electron chi connectivity index (χ4n) is 2.77. The molecule has 0 aromatic heterocycles. The number of anilines is 2. The maximum Gasteiger partial charge on any atom is 0.232 e. The van der Waals surface area contributed by atoms with Gasteiger partial charge < -0.3 is 15.0 Å². The molecule has 2 atom stereocenters. The van der Waals surface area contributed by atoms with Crippen molar-refractivity contribution in [2.24, 2.45) is 5.92 Å². The molecule has 0 bridgehead atoms. The standard InChI is InChI=1S/C13H15IN2O2/c1-2-16-11-4-3-8(14)5-10(11)15-13(17)9-6-18-7-12(9)16/h3-5,9,12H,2,6-7H2,1H3,(H,15,17). The van der Waals surface area contributed by atoms with Gasteiger partial charge in [0.1, 0.15) is 0 Å². The summed E-state index contributed by atoms with van der Waals surface area (Å²) in [5, 5.41) is 3.03. The summed E-state index contributed by atoms with van der Waals surface area (Å²) in [6.45, 7) is 4.16. The molecule has 3 rings (SSSR count). The summed E-state index contributed by atoms with van der Waals surface area (Å²) >= 11 is 2.26. The van der Waals surface area contributed by atoms with E-state index in [9.17, 15) is 4.79 Å². The molecular formula is C13H15IN2O2. The average molecular weight is 358 g/mol. The predicted molar refractivity (Wildman–Crippen MR) is 78.9 cm³/mol. The van der Waals surface area contributed by atoms with Crippen LogP contribution in [0.2, 0.25) is 0 Å². The van der Waals surface area contributed by atoms with Crippen LogP contribution in [-0.2, 0) is 9.53 Å². The number of fused-ring (bicyclic) bond motifs is 2. The van der Waals surface area contributed by atoms with E-state index in [0.717, 1.165) is 21.5 Å². The van der Waals surface area contributed by atoms with Crippen LogP contribution in [0, 0.1) is 9.49 Å². The number of rotatable bonds is 1. The van der Waals surface area contributed by atoms with Crippen LogP contribution < -0.4 is 10.2 Å². The molecule has 0 saturated carbocycles. The molecule has 0 radical (unpaired) electrons. The minimum Gasteiger partial charge on any atom is -0.378 e. The molecular weight excluding hydrogens is 343 g/mol. The molecule has 1 aromatic carbocycles. The number of hydrogen-bond acceptors (Lipinski definition) is 3. The van der Waals surface area contributed by atoms with Gasteiger partial charge in [-0.25, -0.2) is 0 Å². The maximum absolute atomic E-state index is 12.2. The fraction of sp³-hybridized carbons (Fsp3) is 0.462. The predicted octanol–water partition coefficient (Wildman–Crippen LogP) is 2.08. The Morgan fingerprint density at radius 2 is 2.33 bits per heavy atom. The molecule has 1 fully saturated rings. The van der Waals surface area contributed by atoms with E-state index in [1.807, 2.05) is 6.07 Å². The zero-order valence-electron chi connectivity index (χ0n) is 10.1. The molecule has 1 saturated heterocycles. The summed E-state index contributed by atoms with van der Waals surface area (Å²) in [5.74, 6) is 0.0201. The van der Waals surface area contributed by atoms with Crippen LogP contribution in [0.3, 0.4) is 0 Å². The molecule has 2 heterocycles. The third-order valence-electron chi connectivity index (χ3n) is 3.65. The lowest BCUT2D eigenvalue weighted by Crippen LogP contribution is -2.42. The lowest BCUT2D eigenvalue weighted by Gasteiger charge is -2.30. The second-order valence-electron chi connectivity index (χ2n) is 4.65. The summed E-state index contributed by atoms with van der Waals surface area (Å²) in [5.41, 5.74) is 2.02. The Morgan fingerprint density at radius 1 is 1.50 bits per heavy atom. The van der Waals surface area contributed by atoms with Crippen molar-refractivity contribution < 1.29 is 9.53 Å². The minimum absolute atomic E-state index is 0.0602. The smallest absolute Gasteiger partial charge is 0.232 e. The highest BCUT2D eigenvalue weighted by molar-refractivity contribution is 14.1. The van der Waals surface area contributed by atoms with Gasteiger partial charge in [0.2, 0.25) is 5.91 Å². The number of likely N-dealkylation sites (N-methyl/N-ethyl adjacent to an activating group) is 1. The van der Waals surface area contributed by atoms with E-state index in [1.54, 1.807) is 0 Å². The van der Waals surface area contributed by atoms with Crippen LogP contribution in [-0.4, -0.2) is 31.7 Å². The number of amides is 1. The SMILES string of the molecule is CCN1c2ccc(I)cc2NC(=O)C2COCC21. The normalized spacial score (nSPS) is 26.3. The molecule has 1 N–H and O–H groups in total. The lowest BCUT2D eigenvalue weighted by atomic mass is 10.0. The number of ether oxygens (including phenoxy) is 1. The molecule has 5 heteroatoms. The molecule has 2 unspecified atom stereocenters. The highest BCUT2D eigenvalue weighted by Crippen LogP contribution is 2.36. The van der Waals surface area contributed by atoms with E-state index in [2.05, 4.69) is 51.9 Å². The summed E-state index contributed by atoms with van der Waals surface area (Å²) in [4.78, 5) is 14.5. The van der Waals surface area contributed by atoms with Crippen molar-refractivity contribution in [1.82, 2.24) is 0 Å². The largest absolute Gasteiger partial charge is 0.378 e. The molecule has 4 nitrogen and oxygen atoms in total. The molecule has 0 aliphatic carbocycles. The summed E-state index contributed by atoms with van der Waals surface area (Å²) < 4.78 is 6.61. The quantitative estimate of drug-likeness (QED) is 0.782. The number of halogens is 1. The Labute approximate surface area is 120 Å². The van der Waals surface area contributed by atoms with Gasteiger partial charge in [0.15, 0.2) is 0 Å². The van der Waals surface area contributed by atoms with Crippen LogP contribution in [0.4, 0.5) is 11.4 Å². The third kappa shape index (κ3) is 1.89. The molecule has 2 aliphatic rings. The zero-order valence-corrected chi connectivity index (χ0v) is 12.3. The minimum atomic E-state index is -0.0602. The highest BCUT2D eigenvalue weighted by atomic mass is 127. The van der Waals surface area contributed by atoms with Gasteiger partial charge in [0, 0.05) is 10.1 Å². The Bertz CT molecular complexity index is 492. The maximum atomic E-state index is 12.2. The number of nitrogens with zero attached hydrogens (tertiary/aromatic N) is 1. The second kappa shape index (κ2) is 4.70. The van der Waals surface area contributed by atoms with Crippen molar-refractivity contribution in [3.05, 3.63) is 21.8 Å². The van der Waals surface area contributed by atoms with Gasteiger partial charge in [-0.2, -0.15) is 0 Å². The number of carbonyl (C=O) groups is 1. The van der Waals surface area contributed by atoms with Gasteiger partial charge >= 0.3 is 0 Å². The number of nitrogens with one attached hydrogen (secondary N) is 1. The van der Waals surface area contributed by atoms with Gasteiger partial charge in [-0.05, 0) is 47.7 Å². The van der Waals surface area contributed by atoms with Gasteiger partial charge in [-0.3, -0.25) is 4.79 Å². The first-order chi connectivity index (χ1) is 8.70. The summed E-state index contributed by atoms with van der Waals surface area (Å²) in [6, 6.07) is 6.35. The van der Waals surface area contributed by atoms with Crippen LogP contribution in [0.15, 0.2) is 18.2 Å². The monoisotopic (exact) mass is 358 g/mol. The van der Waals surface area contributed by atoms with Crippen molar-refractivity contribution in [2.45, 2.75) is 13.0 Å². The van der Waals surface area contributed by atoms with Crippen LogP contribution in [0.5, 0.6) is 0 Å². The van der Waals surface area contributed by atoms with E-state index in [-0.39, 0.29) is 17.9 Å². The van der Waals surface area contributed by atoms with Crippen molar-refractivity contribution in [1.29, 1.82) is 0 Å². The van der Waals surface area contributed by atoms with Crippen LogP contribution in [0.1, 0.15) is 6.92 Å². The van der Waals surface area contributed by atoms with Gasteiger partial charge in [0.25, 0.3) is 0 Å². The van der Waals surface area contributed by atoms with Gasteiger partial charge in [-0.15, -0.1) is 0 Å². The van der Waals surface area contributed by atoms with E-state index < -0.39 is 0 Å². The molecule has 2 aliphatic heterocycles. The molecule has 96 valence electrons. The third-order valence-corrected chi connectivity index (χ3v) is 4.33. The van der Waals surface area contributed by atoms with E-state index in [4.69, 9.17) is 4.74 Å². The van der Waals surface area contributed by atoms with Crippen molar-refractivity contribution >= 4 is 39.9 Å². The van der Waals surface area contributed by atoms with Crippen molar-refractivity contribution in [3.63, 3.8) is 0 Å². The van der Waals surface area contributed by atoms with E-state index in [0.29, 0.717) is 13.2 Å². The molecule has 1 aromatic rings. The number of carbonyl (C=O) groups excluding carboxylic acids is 1. The second-order valence-corrected chi connectivity index (χ2v) is 5.89. The molecule has 18 heavy (non-hydrogen) atoms. The number of hydrogen-bond donors (Lipinski definition) is 1. The van der Waals surface area contributed by atoms with Gasteiger partial charge in [-0.1, -0.05) is 0 Å². The Morgan fingerprint density at radius 3 is 3.11 bits per heavy atom. The summed E-state index contributed by atoms with van der Waals surface area (Å²) in [6.07, 6.45) is 0. The highest BCUT2D eigenvalue weighted by Gasteiger charge is 2.40. The lowest BCUT2D eigenvalue weighted by molar-refractivity contribution is -0.120. The van der Waals surface area contributed by atoms with Crippen molar-refractivity contribution in [3.8, 4) is 0 Å². The first-order valence-corrected chi connectivity index (χ1v) is 7.23. The topological polar surface area (TPSA) is 41.6 Å². The van der Waals surface area contributed by atoms with Gasteiger partial charge in [0.05, 0.1) is 36.5 Å². The number of benzene rings is 1. The Balaban J connectivity index is 2.09. The summed E-state index contributed by atoms with van der Waals surface area (Å²) in [7, 11) is 0. The average Bonchev–Trinajstić information content (AvgIpc) is 2.78. The van der Waals surface area contributed by atoms with Crippen molar-refractivity contribution in [2.75, 3.05) is 30.0 Å². The Hall–Kier alpha value is -0.820. The van der Waals surface area contributed by atoms with Crippen LogP contribution >= 0.6 is 22.6 Å². The first-order valence-electron chi connectivity index (χ1n) is 6.15. The van der Waals surface area contributed by atoms with Crippen LogP contribution in [0.25, 0.3) is 0 Å². The Kier molecular flexibility index (Phi) is 3.19. The molecule has 0 spiro atoms. The molecule has 1 amide bonds. The first kappa shape index (κ1) is 12.2.